The number of aryl methyl sites for hydroxylation is 1. The molecule has 1 amide bonds. The Morgan fingerprint density at radius 1 is 1.38 bits per heavy atom. The molecule has 0 bridgehead atoms. The van der Waals surface area contributed by atoms with Crippen LogP contribution < -0.4 is 10.6 Å². The smallest absolute Gasteiger partial charge is 0.352 e. The maximum atomic E-state index is 12.7. The number of nitrogens with one attached hydrogen (secondary N) is 2. The van der Waals surface area contributed by atoms with Crippen LogP contribution >= 0.6 is 12.4 Å². The van der Waals surface area contributed by atoms with Gasteiger partial charge in [0.25, 0.3) is 0 Å². The van der Waals surface area contributed by atoms with Crippen molar-refractivity contribution in [2.75, 3.05) is 13.1 Å². The second-order valence-electron chi connectivity index (χ2n) is 6.23. The predicted molar refractivity (Wildman–Crippen MR) is 92.8 cm³/mol. The third-order valence-electron chi connectivity index (χ3n) is 4.43. The van der Waals surface area contributed by atoms with Crippen molar-refractivity contribution in [3.63, 3.8) is 0 Å². The number of alkyl halides is 3. The first-order valence-electron chi connectivity index (χ1n) is 7.97. The highest BCUT2D eigenvalue weighted by atomic mass is 35.5. The van der Waals surface area contributed by atoms with Crippen molar-refractivity contribution in [1.29, 1.82) is 0 Å². The number of benzene rings is 1. The van der Waals surface area contributed by atoms with E-state index in [1.54, 1.807) is 16.9 Å². The van der Waals surface area contributed by atoms with Gasteiger partial charge in [-0.1, -0.05) is 12.1 Å². The van der Waals surface area contributed by atoms with E-state index in [-0.39, 0.29) is 36.7 Å². The average Bonchev–Trinajstić information content (AvgIpc) is 3.20. The summed E-state index contributed by atoms with van der Waals surface area (Å²) in [6.45, 7) is 1.28. The van der Waals surface area contributed by atoms with Crippen molar-refractivity contribution in [1.82, 2.24) is 20.4 Å². The van der Waals surface area contributed by atoms with Crippen molar-refractivity contribution in [3.05, 3.63) is 53.3 Å². The van der Waals surface area contributed by atoms with Crippen LogP contribution in [-0.4, -0.2) is 28.8 Å². The lowest BCUT2D eigenvalue weighted by atomic mass is 9.90. The summed E-state index contributed by atoms with van der Waals surface area (Å²) in [4.78, 5) is 12.5. The summed E-state index contributed by atoms with van der Waals surface area (Å²) in [5.41, 5.74) is 0.689. The zero-order chi connectivity index (χ0) is 18.0. The summed E-state index contributed by atoms with van der Waals surface area (Å²) in [6, 6.07) is 5.00. The molecule has 3 rings (SSSR count). The van der Waals surface area contributed by atoms with Gasteiger partial charge in [0.05, 0.1) is 17.7 Å². The molecule has 5 nitrogen and oxygen atoms in total. The van der Waals surface area contributed by atoms with Gasteiger partial charge in [0.1, 0.15) is 0 Å². The average molecular weight is 389 g/mol. The molecule has 142 valence electrons. The highest BCUT2D eigenvalue weighted by molar-refractivity contribution is 5.85. The van der Waals surface area contributed by atoms with Gasteiger partial charge >= 0.3 is 6.18 Å². The molecular weight excluding hydrogens is 369 g/mol. The third-order valence-corrected chi connectivity index (χ3v) is 4.43. The van der Waals surface area contributed by atoms with Gasteiger partial charge in [-0.05, 0) is 23.3 Å². The normalized spacial score (nSPS) is 19.8. The van der Waals surface area contributed by atoms with E-state index >= 15 is 0 Å². The topological polar surface area (TPSA) is 59.0 Å². The van der Waals surface area contributed by atoms with Gasteiger partial charge in [0, 0.05) is 38.8 Å². The highest BCUT2D eigenvalue weighted by Crippen LogP contribution is 2.30. The summed E-state index contributed by atoms with van der Waals surface area (Å²) < 4.78 is 39.9. The van der Waals surface area contributed by atoms with Crippen LogP contribution in [0.1, 0.15) is 22.6 Å². The van der Waals surface area contributed by atoms with Gasteiger partial charge < -0.3 is 10.6 Å². The molecule has 0 spiro atoms. The fourth-order valence-corrected chi connectivity index (χ4v) is 3.11. The van der Waals surface area contributed by atoms with E-state index in [1.807, 2.05) is 13.2 Å². The molecule has 0 saturated carbocycles. The van der Waals surface area contributed by atoms with Gasteiger partial charge in [-0.15, -0.1) is 12.4 Å². The zero-order valence-electron chi connectivity index (χ0n) is 14.1. The zero-order valence-corrected chi connectivity index (χ0v) is 14.9. The summed E-state index contributed by atoms with van der Waals surface area (Å²) in [5.74, 6) is -0.429. The minimum absolute atomic E-state index is 0. The van der Waals surface area contributed by atoms with Crippen LogP contribution in [0.3, 0.4) is 0 Å². The van der Waals surface area contributed by atoms with Crippen LogP contribution in [0.4, 0.5) is 13.2 Å². The van der Waals surface area contributed by atoms with Crippen LogP contribution in [0.2, 0.25) is 0 Å². The SMILES string of the molecule is Cl.Cn1cc([C@H]2CNC[C@@H]2C(=O)NCc2cccc(C(F)(F)F)c2)cn1. The van der Waals surface area contributed by atoms with E-state index in [4.69, 9.17) is 0 Å². The van der Waals surface area contributed by atoms with Gasteiger partial charge in [-0.25, -0.2) is 0 Å². The Hall–Kier alpha value is -2.06. The minimum atomic E-state index is -4.39. The number of hydrogen-bond donors (Lipinski definition) is 2. The summed E-state index contributed by atoms with van der Waals surface area (Å²) in [7, 11) is 1.81. The molecular formula is C17H20ClF3N4O. The second kappa shape index (κ2) is 8.09. The number of nitrogens with zero attached hydrogens (tertiary/aromatic N) is 2. The largest absolute Gasteiger partial charge is 0.416 e. The van der Waals surface area contributed by atoms with E-state index in [1.165, 1.54) is 6.07 Å². The van der Waals surface area contributed by atoms with E-state index in [0.717, 1.165) is 17.7 Å². The Labute approximate surface area is 155 Å². The lowest BCUT2D eigenvalue weighted by Crippen LogP contribution is -2.34. The maximum Gasteiger partial charge on any atom is 0.416 e. The quantitative estimate of drug-likeness (QED) is 0.846. The van der Waals surface area contributed by atoms with Gasteiger partial charge in [0.15, 0.2) is 0 Å². The Morgan fingerprint density at radius 3 is 2.81 bits per heavy atom. The summed E-state index contributed by atoms with van der Waals surface area (Å²) in [6.07, 6.45) is -0.768. The van der Waals surface area contributed by atoms with E-state index < -0.39 is 11.7 Å². The van der Waals surface area contributed by atoms with Crippen molar-refractivity contribution in [2.45, 2.75) is 18.6 Å². The van der Waals surface area contributed by atoms with E-state index in [0.29, 0.717) is 18.7 Å². The number of hydrogen-bond acceptors (Lipinski definition) is 3. The molecule has 0 radical (unpaired) electrons. The molecule has 2 heterocycles. The molecule has 1 aromatic carbocycles. The summed E-state index contributed by atoms with van der Waals surface area (Å²) in [5, 5.41) is 10.1. The number of halogens is 4. The minimum Gasteiger partial charge on any atom is -0.352 e. The van der Waals surface area contributed by atoms with Gasteiger partial charge in [-0.3, -0.25) is 9.48 Å². The molecule has 2 aromatic rings. The number of rotatable bonds is 4. The van der Waals surface area contributed by atoms with Crippen molar-refractivity contribution in [3.8, 4) is 0 Å². The van der Waals surface area contributed by atoms with E-state index in [2.05, 4.69) is 15.7 Å². The Kier molecular flexibility index (Phi) is 6.30. The molecule has 9 heteroatoms. The first kappa shape index (κ1) is 20.3. The Morgan fingerprint density at radius 2 is 2.15 bits per heavy atom. The van der Waals surface area contributed by atoms with Crippen LogP contribution in [0.25, 0.3) is 0 Å². The third kappa shape index (κ3) is 4.56. The highest BCUT2D eigenvalue weighted by Gasteiger charge is 2.34. The van der Waals surface area contributed by atoms with Crippen LogP contribution in [0, 0.1) is 5.92 Å². The lowest BCUT2D eigenvalue weighted by molar-refractivity contribution is -0.137. The second-order valence-corrected chi connectivity index (χ2v) is 6.23. The fourth-order valence-electron chi connectivity index (χ4n) is 3.11. The first-order valence-corrected chi connectivity index (χ1v) is 7.97. The molecule has 1 aliphatic rings. The lowest BCUT2D eigenvalue weighted by Gasteiger charge is -2.17. The number of carbonyl (C=O) groups excluding carboxylic acids is 1. The van der Waals surface area contributed by atoms with Crippen LogP contribution in [-0.2, 0) is 24.6 Å². The van der Waals surface area contributed by atoms with Crippen LogP contribution in [0.15, 0.2) is 36.7 Å². The number of aromatic nitrogens is 2. The van der Waals surface area contributed by atoms with Gasteiger partial charge in [-0.2, -0.15) is 18.3 Å². The number of carbonyl (C=O) groups is 1. The standard InChI is InChI=1S/C17H19F3N4O.ClH/c1-24-10-12(7-23-24)14-8-21-9-15(14)16(25)22-6-11-3-2-4-13(5-11)17(18,19)20;/h2-5,7,10,14-15,21H,6,8-9H2,1H3,(H,22,25);1H/t14-,15+;/m1./s1. The monoisotopic (exact) mass is 388 g/mol. The molecule has 1 fully saturated rings. The molecule has 0 unspecified atom stereocenters. The summed E-state index contributed by atoms with van der Waals surface area (Å²) >= 11 is 0. The van der Waals surface area contributed by atoms with Crippen molar-refractivity contribution < 1.29 is 18.0 Å². The first-order chi connectivity index (χ1) is 11.8. The Balaban J connectivity index is 0.00000243. The van der Waals surface area contributed by atoms with Crippen molar-refractivity contribution in [2.24, 2.45) is 13.0 Å². The fraction of sp³-hybridized carbons (Fsp3) is 0.412. The molecule has 1 aromatic heterocycles. The molecule has 2 atom stereocenters. The molecule has 1 aliphatic heterocycles. The maximum absolute atomic E-state index is 12.7. The molecule has 1 saturated heterocycles. The van der Waals surface area contributed by atoms with Crippen LogP contribution in [0.5, 0.6) is 0 Å². The number of amides is 1. The molecule has 26 heavy (non-hydrogen) atoms. The van der Waals surface area contributed by atoms with Crippen molar-refractivity contribution >= 4 is 18.3 Å². The van der Waals surface area contributed by atoms with Gasteiger partial charge in [0.2, 0.25) is 5.91 Å². The predicted octanol–water partition coefficient (Wildman–Crippen LogP) is 2.48. The molecule has 0 aliphatic carbocycles. The molecule has 2 N–H and O–H groups in total. The van der Waals surface area contributed by atoms with E-state index in [9.17, 15) is 18.0 Å². The Bertz CT molecular complexity index is 762.